The number of carbonyl (C=O) groups excluding carboxylic acids is 2. The minimum absolute atomic E-state index is 0.00811. The van der Waals surface area contributed by atoms with Crippen LogP contribution < -0.4 is 0 Å². The molecule has 138 valence electrons. The molecule has 4 rings (SSSR count). The Bertz CT molecular complexity index is 629. The van der Waals surface area contributed by atoms with Crippen molar-refractivity contribution < 1.29 is 14.3 Å². The summed E-state index contributed by atoms with van der Waals surface area (Å²) in [5, 5.41) is 0. The predicted octanol–water partition coefficient (Wildman–Crippen LogP) is 3.42. The third kappa shape index (κ3) is 2.18. The Labute approximate surface area is 151 Å². The lowest BCUT2D eigenvalue weighted by Crippen LogP contribution is -2.59. The van der Waals surface area contributed by atoms with E-state index in [9.17, 15) is 9.59 Å². The largest absolute Gasteiger partial charge is 0.469 e. The van der Waals surface area contributed by atoms with Crippen LogP contribution in [0.15, 0.2) is 12.2 Å². The maximum absolute atomic E-state index is 12.3. The molecule has 0 saturated heterocycles. The first-order valence-corrected chi connectivity index (χ1v) is 9.87. The summed E-state index contributed by atoms with van der Waals surface area (Å²) in [7, 11) is 3.49. The third-order valence-corrected chi connectivity index (χ3v) is 8.61. The van der Waals surface area contributed by atoms with Gasteiger partial charge >= 0.3 is 5.97 Å². The fourth-order valence-electron chi connectivity index (χ4n) is 7.27. The Kier molecular flexibility index (Phi) is 3.82. The Morgan fingerprint density at radius 3 is 2.64 bits per heavy atom. The van der Waals surface area contributed by atoms with Gasteiger partial charge in [0.1, 0.15) is 0 Å². The molecule has 3 saturated carbocycles. The van der Waals surface area contributed by atoms with Crippen molar-refractivity contribution in [3.63, 3.8) is 0 Å². The van der Waals surface area contributed by atoms with E-state index in [-0.39, 0.29) is 28.6 Å². The quantitative estimate of drug-likeness (QED) is 0.684. The molecule has 2 unspecified atom stereocenters. The second-order valence-corrected chi connectivity index (χ2v) is 9.32. The molecule has 0 aromatic rings. The maximum atomic E-state index is 12.3. The van der Waals surface area contributed by atoms with Crippen molar-refractivity contribution in [1.82, 2.24) is 4.90 Å². The van der Waals surface area contributed by atoms with Crippen LogP contribution in [0.1, 0.15) is 52.4 Å². The highest BCUT2D eigenvalue weighted by Gasteiger charge is 2.61. The third-order valence-electron chi connectivity index (χ3n) is 8.61. The molecule has 0 spiro atoms. The molecule has 3 fully saturated rings. The lowest BCUT2D eigenvalue weighted by atomic mass is 9.47. The van der Waals surface area contributed by atoms with Gasteiger partial charge in [-0.05, 0) is 67.8 Å². The molecular formula is C21H31NO3. The highest BCUT2D eigenvalue weighted by atomic mass is 16.5. The number of ether oxygens (including phenoxy) is 1. The van der Waals surface area contributed by atoms with Crippen LogP contribution in [0.2, 0.25) is 0 Å². The van der Waals surface area contributed by atoms with E-state index < -0.39 is 0 Å². The fraction of sp³-hybridized carbons (Fsp3) is 0.810. The van der Waals surface area contributed by atoms with E-state index in [1.54, 1.807) is 6.08 Å². The van der Waals surface area contributed by atoms with Crippen LogP contribution in [0.3, 0.4) is 0 Å². The van der Waals surface area contributed by atoms with E-state index in [4.69, 9.17) is 4.74 Å². The van der Waals surface area contributed by atoms with Crippen LogP contribution in [-0.2, 0) is 14.3 Å². The molecule has 0 aromatic carbocycles. The van der Waals surface area contributed by atoms with Crippen LogP contribution in [0.4, 0.5) is 0 Å². The lowest BCUT2D eigenvalue weighted by Gasteiger charge is -2.60. The topological polar surface area (TPSA) is 46.6 Å². The highest BCUT2D eigenvalue weighted by Crippen LogP contribution is 2.65. The van der Waals surface area contributed by atoms with Gasteiger partial charge in [0.2, 0.25) is 5.91 Å². The lowest BCUT2D eigenvalue weighted by molar-refractivity contribution is -0.155. The van der Waals surface area contributed by atoms with Gasteiger partial charge in [-0.2, -0.15) is 0 Å². The Balaban J connectivity index is 1.65. The van der Waals surface area contributed by atoms with Crippen molar-refractivity contribution >= 4 is 11.9 Å². The first-order chi connectivity index (χ1) is 11.8. The summed E-state index contributed by atoms with van der Waals surface area (Å²) in [4.78, 5) is 26.4. The molecule has 1 heterocycles. The second kappa shape index (κ2) is 5.59. The van der Waals surface area contributed by atoms with Gasteiger partial charge < -0.3 is 9.64 Å². The van der Waals surface area contributed by atoms with Gasteiger partial charge in [0.15, 0.2) is 0 Å². The van der Waals surface area contributed by atoms with E-state index >= 15 is 0 Å². The summed E-state index contributed by atoms with van der Waals surface area (Å²) in [5.41, 5.74) is 0.174. The number of carbonyl (C=O) groups is 2. The van der Waals surface area contributed by atoms with Crippen LogP contribution in [-0.4, -0.2) is 37.0 Å². The van der Waals surface area contributed by atoms with Crippen LogP contribution in [0.25, 0.3) is 0 Å². The monoisotopic (exact) mass is 345 g/mol. The van der Waals surface area contributed by atoms with Crippen molar-refractivity contribution in [3.8, 4) is 0 Å². The molecule has 0 radical (unpaired) electrons. The molecule has 4 aliphatic rings. The molecule has 4 nitrogen and oxygen atoms in total. The summed E-state index contributed by atoms with van der Waals surface area (Å²) >= 11 is 0. The minimum Gasteiger partial charge on any atom is -0.469 e. The summed E-state index contributed by atoms with van der Waals surface area (Å²) in [6.07, 6.45) is 10.7. The SMILES string of the molecule is COC(=O)[C@H]1CC[C@H]2C3CC[C@H]4N(C)C(=O)C=C[C@]4(C)C3CC[C@]12C. The van der Waals surface area contributed by atoms with Gasteiger partial charge in [0.05, 0.1) is 13.0 Å². The second-order valence-electron chi connectivity index (χ2n) is 9.32. The molecule has 4 heteroatoms. The van der Waals surface area contributed by atoms with Gasteiger partial charge in [-0.3, -0.25) is 9.59 Å². The van der Waals surface area contributed by atoms with Crippen LogP contribution in [0.5, 0.6) is 0 Å². The van der Waals surface area contributed by atoms with Gasteiger partial charge in [0, 0.05) is 18.5 Å². The van der Waals surface area contributed by atoms with E-state index in [0.29, 0.717) is 23.8 Å². The van der Waals surface area contributed by atoms with Crippen molar-refractivity contribution in [3.05, 3.63) is 12.2 Å². The molecule has 0 N–H and O–H groups in total. The zero-order valence-electron chi connectivity index (χ0n) is 16.0. The Hall–Kier alpha value is -1.32. The van der Waals surface area contributed by atoms with Gasteiger partial charge in [-0.25, -0.2) is 0 Å². The average Bonchev–Trinajstić information content (AvgIpc) is 2.95. The number of amides is 1. The number of likely N-dealkylation sites (N-methyl/N-ethyl adjacent to an activating group) is 1. The van der Waals surface area contributed by atoms with E-state index in [1.165, 1.54) is 13.5 Å². The van der Waals surface area contributed by atoms with Crippen LogP contribution in [0, 0.1) is 34.5 Å². The number of esters is 1. The average molecular weight is 345 g/mol. The molecule has 3 aliphatic carbocycles. The van der Waals surface area contributed by atoms with E-state index in [2.05, 4.69) is 19.9 Å². The first-order valence-electron chi connectivity index (χ1n) is 9.87. The highest BCUT2D eigenvalue weighted by molar-refractivity contribution is 5.89. The summed E-state index contributed by atoms with van der Waals surface area (Å²) in [6, 6.07) is 0.327. The first kappa shape index (κ1) is 17.1. The molecule has 0 aromatic heterocycles. The summed E-state index contributed by atoms with van der Waals surface area (Å²) in [6.45, 7) is 4.70. The fourth-order valence-corrected chi connectivity index (χ4v) is 7.27. The van der Waals surface area contributed by atoms with Crippen molar-refractivity contribution in [2.24, 2.45) is 34.5 Å². The summed E-state index contributed by atoms with van der Waals surface area (Å²) < 4.78 is 5.12. The van der Waals surface area contributed by atoms with E-state index in [1.807, 2.05) is 11.9 Å². The van der Waals surface area contributed by atoms with Crippen molar-refractivity contribution in [2.75, 3.05) is 14.2 Å². The normalized spacial score (nSPS) is 48.6. The van der Waals surface area contributed by atoms with Crippen molar-refractivity contribution in [2.45, 2.75) is 58.4 Å². The Morgan fingerprint density at radius 1 is 1.16 bits per heavy atom. The predicted molar refractivity (Wildman–Crippen MR) is 95.6 cm³/mol. The van der Waals surface area contributed by atoms with Gasteiger partial charge in [-0.1, -0.05) is 19.9 Å². The smallest absolute Gasteiger partial charge is 0.309 e. The van der Waals surface area contributed by atoms with Crippen molar-refractivity contribution in [1.29, 1.82) is 0 Å². The Morgan fingerprint density at radius 2 is 1.92 bits per heavy atom. The molecule has 1 aliphatic heterocycles. The van der Waals surface area contributed by atoms with E-state index in [0.717, 1.165) is 32.1 Å². The molecule has 1 amide bonds. The standard InChI is InChI=1S/C21H31NO3/c1-20-11-9-15-13(14(20)6-7-16(20)19(24)25-4)5-8-17-21(15,2)12-10-18(23)22(17)3/h10,12-17H,5-9,11H2,1-4H3/t13?,14-,15?,16+,17+,20-,21+/m0/s1. The zero-order chi connectivity index (χ0) is 18.0. The summed E-state index contributed by atoms with van der Waals surface area (Å²) in [5.74, 6) is 2.11. The number of methoxy groups -OCH3 is 1. The van der Waals surface area contributed by atoms with Crippen LogP contribution >= 0.6 is 0 Å². The number of nitrogens with zero attached hydrogens (tertiary/aromatic N) is 1. The number of hydrogen-bond donors (Lipinski definition) is 0. The molecule has 25 heavy (non-hydrogen) atoms. The van der Waals surface area contributed by atoms with Gasteiger partial charge in [0.25, 0.3) is 0 Å². The van der Waals surface area contributed by atoms with Gasteiger partial charge in [-0.15, -0.1) is 0 Å². The molecular weight excluding hydrogens is 314 g/mol. The zero-order valence-corrected chi connectivity index (χ0v) is 16.0. The molecule has 0 bridgehead atoms. The number of rotatable bonds is 1. The molecule has 7 atom stereocenters. The number of hydrogen-bond acceptors (Lipinski definition) is 3. The number of fused-ring (bicyclic) bond motifs is 5. The maximum Gasteiger partial charge on any atom is 0.309 e. The minimum atomic E-state index is -0.00811.